The summed E-state index contributed by atoms with van der Waals surface area (Å²) in [6.07, 6.45) is 1.66. The van der Waals surface area contributed by atoms with Gasteiger partial charge in [-0.05, 0) is 26.7 Å². The standard InChI is InChI=1S/C11H20N2O2S/c1-4-8-7(5-6-15-8)9(14)13-11(2,3)10(12)16/h7-8H,4-6H2,1-3H3,(H2,12,16)(H,13,14). The molecule has 1 aliphatic heterocycles. The summed E-state index contributed by atoms with van der Waals surface area (Å²) in [5.74, 6) is -0.0826. The van der Waals surface area contributed by atoms with Gasteiger partial charge in [0.25, 0.3) is 0 Å². The molecule has 1 rings (SSSR count). The Bertz CT molecular complexity index is 292. The summed E-state index contributed by atoms with van der Waals surface area (Å²) in [5.41, 5.74) is 4.94. The van der Waals surface area contributed by atoms with Crippen molar-refractivity contribution in [2.45, 2.75) is 45.3 Å². The van der Waals surface area contributed by atoms with Crippen LogP contribution in [-0.2, 0) is 9.53 Å². The SMILES string of the molecule is CCC1OCCC1C(=O)NC(C)(C)C(N)=S. The summed E-state index contributed by atoms with van der Waals surface area (Å²) in [7, 11) is 0. The molecule has 2 atom stereocenters. The summed E-state index contributed by atoms with van der Waals surface area (Å²) < 4.78 is 5.49. The average Bonchev–Trinajstić information content (AvgIpc) is 2.64. The van der Waals surface area contributed by atoms with Crippen LogP contribution in [0.25, 0.3) is 0 Å². The fourth-order valence-electron chi connectivity index (χ4n) is 1.81. The maximum absolute atomic E-state index is 12.0. The first-order chi connectivity index (χ1) is 7.38. The van der Waals surface area contributed by atoms with Gasteiger partial charge in [0, 0.05) is 6.61 Å². The van der Waals surface area contributed by atoms with Gasteiger partial charge in [0.15, 0.2) is 0 Å². The molecule has 0 saturated carbocycles. The average molecular weight is 244 g/mol. The van der Waals surface area contributed by atoms with E-state index in [0.29, 0.717) is 11.6 Å². The molecular weight excluding hydrogens is 224 g/mol. The second kappa shape index (κ2) is 5.10. The molecule has 0 aliphatic carbocycles. The van der Waals surface area contributed by atoms with Crippen molar-refractivity contribution in [1.82, 2.24) is 5.32 Å². The summed E-state index contributed by atoms with van der Waals surface area (Å²) in [6, 6.07) is 0. The van der Waals surface area contributed by atoms with Gasteiger partial charge in [-0.3, -0.25) is 4.79 Å². The third-order valence-corrected chi connectivity index (χ3v) is 3.51. The van der Waals surface area contributed by atoms with Crippen LogP contribution in [0.15, 0.2) is 0 Å². The molecule has 3 N–H and O–H groups in total. The Labute approximate surface area is 102 Å². The zero-order valence-electron chi connectivity index (χ0n) is 10.1. The van der Waals surface area contributed by atoms with E-state index in [1.807, 2.05) is 20.8 Å². The van der Waals surface area contributed by atoms with Crippen molar-refractivity contribution in [2.24, 2.45) is 11.7 Å². The van der Waals surface area contributed by atoms with Crippen molar-refractivity contribution in [2.75, 3.05) is 6.61 Å². The van der Waals surface area contributed by atoms with Gasteiger partial charge in [-0.25, -0.2) is 0 Å². The molecule has 0 aromatic rings. The van der Waals surface area contributed by atoms with E-state index in [1.54, 1.807) is 0 Å². The first kappa shape index (κ1) is 13.4. The van der Waals surface area contributed by atoms with Crippen molar-refractivity contribution >= 4 is 23.1 Å². The van der Waals surface area contributed by atoms with E-state index < -0.39 is 5.54 Å². The highest BCUT2D eigenvalue weighted by atomic mass is 32.1. The highest BCUT2D eigenvalue weighted by Crippen LogP contribution is 2.24. The van der Waals surface area contributed by atoms with E-state index in [9.17, 15) is 4.79 Å². The van der Waals surface area contributed by atoms with Crippen LogP contribution in [0.5, 0.6) is 0 Å². The van der Waals surface area contributed by atoms with Gasteiger partial charge in [-0.2, -0.15) is 0 Å². The van der Waals surface area contributed by atoms with Crippen molar-refractivity contribution in [1.29, 1.82) is 0 Å². The Hall–Kier alpha value is -0.680. The normalized spacial score (nSPS) is 25.4. The minimum absolute atomic E-state index is 0.0119. The van der Waals surface area contributed by atoms with Gasteiger partial charge in [-0.15, -0.1) is 0 Å². The Morgan fingerprint density at radius 2 is 2.25 bits per heavy atom. The van der Waals surface area contributed by atoms with Crippen molar-refractivity contribution in [3.8, 4) is 0 Å². The number of carbonyl (C=O) groups is 1. The number of nitrogens with two attached hydrogens (primary N) is 1. The van der Waals surface area contributed by atoms with Crippen molar-refractivity contribution in [3.05, 3.63) is 0 Å². The third-order valence-electron chi connectivity index (χ3n) is 3.00. The van der Waals surface area contributed by atoms with E-state index in [4.69, 9.17) is 22.7 Å². The zero-order chi connectivity index (χ0) is 12.3. The topological polar surface area (TPSA) is 64.3 Å². The molecule has 1 fully saturated rings. The van der Waals surface area contributed by atoms with Gasteiger partial charge < -0.3 is 15.8 Å². The van der Waals surface area contributed by atoms with Gasteiger partial charge >= 0.3 is 0 Å². The molecule has 2 unspecified atom stereocenters. The fourth-order valence-corrected chi connectivity index (χ4v) is 1.86. The molecule has 1 saturated heterocycles. The maximum Gasteiger partial charge on any atom is 0.226 e. The number of hydrogen-bond acceptors (Lipinski definition) is 3. The minimum Gasteiger partial charge on any atom is -0.391 e. The van der Waals surface area contributed by atoms with Gasteiger partial charge in [0.1, 0.15) is 0 Å². The summed E-state index contributed by atoms with van der Waals surface area (Å²) >= 11 is 4.91. The van der Waals surface area contributed by atoms with Crippen LogP contribution in [0, 0.1) is 5.92 Å². The Morgan fingerprint density at radius 3 is 2.75 bits per heavy atom. The molecule has 5 heteroatoms. The van der Waals surface area contributed by atoms with E-state index >= 15 is 0 Å². The highest BCUT2D eigenvalue weighted by molar-refractivity contribution is 7.80. The molecule has 0 radical (unpaired) electrons. The first-order valence-corrected chi connectivity index (χ1v) is 6.03. The molecule has 1 amide bonds. The van der Waals surface area contributed by atoms with Crippen LogP contribution < -0.4 is 11.1 Å². The predicted molar refractivity (Wildman–Crippen MR) is 67.1 cm³/mol. The van der Waals surface area contributed by atoms with Gasteiger partial charge in [0.05, 0.1) is 22.5 Å². The molecule has 1 aliphatic rings. The summed E-state index contributed by atoms with van der Waals surface area (Å²) in [5, 5.41) is 2.88. The van der Waals surface area contributed by atoms with Crippen LogP contribution in [0.3, 0.4) is 0 Å². The number of thiocarbonyl (C=S) groups is 1. The molecule has 0 spiro atoms. The van der Waals surface area contributed by atoms with Gasteiger partial charge in [-0.1, -0.05) is 19.1 Å². The molecule has 0 bridgehead atoms. The molecular formula is C11H20N2O2S. The molecule has 4 nitrogen and oxygen atoms in total. The molecule has 0 aromatic carbocycles. The molecule has 92 valence electrons. The lowest BCUT2D eigenvalue weighted by Gasteiger charge is -2.27. The number of amides is 1. The number of ether oxygens (including phenoxy) is 1. The van der Waals surface area contributed by atoms with Gasteiger partial charge in [0.2, 0.25) is 5.91 Å². The molecule has 1 heterocycles. The highest BCUT2D eigenvalue weighted by Gasteiger charge is 2.35. The Morgan fingerprint density at radius 1 is 1.62 bits per heavy atom. The minimum atomic E-state index is -0.632. The Balaban J connectivity index is 2.62. The lowest BCUT2D eigenvalue weighted by atomic mass is 9.96. The zero-order valence-corrected chi connectivity index (χ0v) is 10.9. The van der Waals surface area contributed by atoms with Crippen LogP contribution >= 0.6 is 12.2 Å². The largest absolute Gasteiger partial charge is 0.391 e. The molecule has 16 heavy (non-hydrogen) atoms. The molecule has 0 aromatic heterocycles. The fraction of sp³-hybridized carbons (Fsp3) is 0.818. The number of hydrogen-bond donors (Lipinski definition) is 2. The van der Waals surface area contributed by atoms with Crippen molar-refractivity contribution in [3.63, 3.8) is 0 Å². The smallest absolute Gasteiger partial charge is 0.226 e. The van der Waals surface area contributed by atoms with E-state index in [0.717, 1.165) is 12.8 Å². The Kier molecular flexibility index (Phi) is 4.27. The monoisotopic (exact) mass is 244 g/mol. The van der Waals surface area contributed by atoms with E-state index in [1.165, 1.54) is 0 Å². The van der Waals surface area contributed by atoms with E-state index in [2.05, 4.69) is 5.32 Å². The first-order valence-electron chi connectivity index (χ1n) is 5.62. The summed E-state index contributed by atoms with van der Waals surface area (Å²) in [4.78, 5) is 12.3. The second-order valence-corrected chi connectivity index (χ2v) is 5.13. The summed E-state index contributed by atoms with van der Waals surface area (Å²) in [6.45, 7) is 6.30. The van der Waals surface area contributed by atoms with Crippen LogP contribution in [-0.4, -0.2) is 29.1 Å². The predicted octanol–water partition coefficient (Wildman–Crippen LogP) is 0.982. The third kappa shape index (κ3) is 2.92. The quantitative estimate of drug-likeness (QED) is 0.724. The number of carbonyl (C=O) groups excluding carboxylic acids is 1. The lowest BCUT2D eigenvalue weighted by molar-refractivity contribution is -0.127. The van der Waals surface area contributed by atoms with E-state index in [-0.39, 0.29) is 17.9 Å². The number of rotatable bonds is 4. The second-order valence-electron chi connectivity index (χ2n) is 4.69. The van der Waals surface area contributed by atoms with Crippen LogP contribution in [0.2, 0.25) is 0 Å². The number of nitrogens with one attached hydrogen (secondary N) is 1. The maximum atomic E-state index is 12.0. The van der Waals surface area contributed by atoms with Crippen LogP contribution in [0.4, 0.5) is 0 Å². The van der Waals surface area contributed by atoms with Crippen molar-refractivity contribution < 1.29 is 9.53 Å². The van der Waals surface area contributed by atoms with Crippen LogP contribution in [0.1, 0.15) is 33.6 Å². The lowest BCUT2D eigenvalue weighted by Crippen LogP contribution is -2.54.